The van der Waals surface area contributed by atoms with Gasteiger partial charge in [-0.15, -0.1) is 0 Å². The van der Waals surface area contributed by atoms with Crippen LogP contribution in [0.4, 0.5) is 0 Å². The normalized spacial score (nSPS) is 18.8. The summed E-state index contributed by atoms with van der Waals surface area (Å²) in [6.07, 6.45) is 7.89. The molecule has 0 radical (unpaired) electrons. The van der Waals surface area contributed by atoms with Crippen LogP contribution < -0.4 is 0 Å². The molecule has 0 heteroatoms. The van der Waals surface area contributed by atoms with Crippen molar-refractivity contribution in [3.63, 3.8) is 0 Å². The summed E-state index contributed by atoms with van der Waals surface area (Å²) in [6, 6.07) is 10.8. The van der Waals surface area contributed by atoms with Gasteiger partial charge in [-0.25, -0.2) is 0 Å². The first-order valence-electron chi connectivity index (χ1n) is 5.63. The number of benzene rings is 1. The van der Waals surface area contributed by atoms with Crippen molar-refractivity contribution in [2.24, 2.45) is 5.92 Å². The maximum atomic E-state index is 2.30. The van der Waals surface area contributed by atoms with E-state index in [1.54, 1.807) is 5.57 Å². The van der Waals surface area contributed by atoms with Crippen LogP contribution in [0.1, 0.15) is 38.2 Å². The molecule has 0 aliphatic heterocycles. The van der Waals surface area contributed by atoms with Gasteiger partial charge < -0.3 is 0 Å². The first-order chi connectivity index (χ1) is 6.92. The van der Waals surface area contributed by atoms with E-state index in [1.165, 1.54) is 31.2 Å². The molecule has 0 saturated heterocycles. The van der Waals surface area contributed by atoms with Crippen molar-refractivity contribution < 1.29 is 0 Å². The molecular weight excluding hydrogens is 168 g/mol. The molecule has 0 N–H and O–H groups in total. The van der Waals surface area contributed by atoms with Gasteiger partial charge in [-0.2, -0.15) is 0 Å². The minimum absolute atomic E-state index is 0.822. The van der Waals surface area contributed by atoms with Crippen molar-refractivity contribution in [2.45, 2.75) is 32.6 Å². The molecule has 0 amide bonds. The van der Waals surface area contributed by atoms with Crippen LogP contribution in [0.25, 0.3) is 5.57 Å². The lowest BCUT2D eigenvalue weighted by Crippen LogP contribution is -1.97. The van der Waals surface area contributed by atoms with Gasteiger partial charge in [0.25, 0.3) is 0 Å². The van der Waals surface area contributed by atoms with Gasteiger partial charge in [0.2, 0.25) is 0 Å². The predicted octanol–water partition coefficient (Wildman–Crippen LogP) is 4.28. The molecule has 1 saturated carbocycles. The van der Waals surface area contributed by atoms with E-state index < -0.39 is 0 Å². The summed E-state index contributed by atoms with van der Waals surface area (Å²) in [5.41, 5.74) is 2.98. The van der Waals surface area contributed by atoms with Crippen LogP contribution in [0.15, 0.2) is 36.4 Å². The topological polar surface area (TPSA) is 0 Å². The highest BCUT2D eigenvalue weighted by Crippen LogP contribution is 2.36. The predicted molar refractivity (Wildman–Crippen MR) is 62.1 cm³/mol. The third-order valence-electron chi connectivity index (χ3n) is 3.21. The molecule has 74 valence electrons. The minimum atomic E-state index is 0.822. The quantitative estimate of drug-likeness (QED) is 0.646. The van der Waals surface area contributed by atoms with Crippen LogP contribution in [-0.4, -0.2) is 0 Å². The highest BCUT2D eigenvalue weighted by Gasteiger charge is 2.19. The third kappa shape index (κ3) is 1.89. The van der Waals surface area contributed by atoms with Crippen molar-refractivity contribution in [3.8, 4) is 0 Å². The fraction of sp³-hybridized carbons (Fsp3) is 0.429. The van der Waals surface area contributed by atoms with Gasteiger partial charge >= 0.3 is 0 Å². The third-order valence-corrected chi connectivity index (χ3v) is 3.21. The largest absolute Gasteiger partial charge is 0.0836 e. The van der Waals surface area contributed by atoms with Crippen molar-refractivity contribution in [2.75, 3.05) is 0 Å². The van der Waals surface area contributed by atoms with E-state index in [4.69, 9.17) is 0 Å². The second-order valence-corrected chi connectivity index (χ2v) is 4.09. The molecule has 1 aliphatic rings. The Hall–Kier alpha value is -1.04. The van der Waals surface area contributed by atoms with Crippen molar-refractivity contribution in [1.82, 2.24) is 0 Å². The van der Waals surface area contributed by atoms with Crippen LogP contribution in [-0.2, 0) is 0 Å². The first-order valence-corrected chi connectivity index (χ1v) is 5.63. The van der Waals surface area contributed by atoms with Gasteiger partial charge in [0.05, 0.1) is 0 Å². The van der Waals surface area contributed by atoms with Crippen molar-refractivity contribution in [3.05, 3.63) is 42.0 Å². The fourth-order valence-corrected chi connectivity index (χ4v) is 2.51. The number of hydrogen-bond acceptors (Lipinski definition) is 0. The molecule has 1 aromatic rings. The Morgan fingerprint density at radius 3 is 2.36 bits per heavy atom. The lowest BCUT2D eigenvalue weighted by atomic mass is 9.91. The average molecular weight is 186 g/mol. The molecular formula is C14H18. The van der Waals surface area contributed by atoms with Crippen LogP contribution in [0, 0.1) is 5.92 Å². The van der Waals surface area contributed by atoms with E-state index in [0.717, 1.165) is 5.92 Å². The van der Waals surface area contributed by atoms with Crippen LogP contribution in [0.5, 0.6) is 0 Å². The molecule has 0 bridgehead atoms. The number of rotatable bonds is 2. The Kier molecular flexibility index (Phi) is 3.03. The van der Waals surface area contributed by atoms with Gasteiger partial charge in [-0.3, -0.25) is 0 Å². The molecule has 0 heterocycles. The molecule has 0 nitrogen and oxygen atoms in total. The maximum Gasteiger partial charge on any atom is -0.0159 e. The van der Waals surface area contributed by atoms with Crippen LogP contribution in [0.2, 0.25) is 0 Å². The Morgan fingerprint density at radius 2 is 1.79 bits per heavy atom. The molecule has 0 spiro atoms. The van der Waals surface area contributed by atoms with Gasteiger partial charge in [0, 0.05) is 0 Å². The van der Waals surface area contributed by atoms with Gasteiger partial charge in [0.1, 0.15) is 0 Å². The monoisotopic (exact) mass is 186 g/mol. The van der Waals surface area contributed by atoms with E-state index in [9.17, 15) is 0 Å². The lowest BCUT2D eigenvalue weighted by molar-refractivity contribution is 0.705. The number of hydrogen-bond donors (Lipinski definition) is 0. The molecule has 0 aromatic heterocycles. The zero-order valence-corrected chi connectivity index (χ0v) is 8.87. The minimum Gasteiger partial charge on any atom is -0.0836 e. The molecule has 14 heavy (non-hydrogen) atoms. The van der Waals surface area contributed by atoms with Crippen LogP contribution >= 0.6 is 0 Å². The van der Waals surface area contributed by atoms with E-state index in [-0.39, 0.29) is 0 Å². The smallest absolute Gasteiger partial charge is 0.0159 e. The van der Waals surface area contributed by atoms with Gasteiger partial charge in [0.15, 0.2) is 0 Å². The number of allylic oxidation sites excluding steroid dienone is 2. The van der Waals surface area contributed by atoms with Crippen molar-refractivity contribution in [1.29, 1.82) is 0 Å². The van der Waals surface area contributed by atoms with Crippen LogP contribution in [0.3, 0.4) is 0 Å². The Labute approximate surface area is 86.7 Å². The summed E-state index contributed by atoms with van der Waals surface area (Å²) in [6.45, 7) is 2.17. The summed E-state index contributed by atoms with van der Waals surface area (Å²) < 4.78 is 0. The summed E-state index contributed by atoms with van der Waals surface area (Å²) >= 11 is 0. The van der Waals surface area contributed by atoms with E-state index in [1.807, 2.05) is 0 Å². The molecule has 1 aromatic carbocycles. The summed E-state index contributed by atoms with van der Waals surface area (Å²) in [7, 11) is 0. The maximum absolute atomic E-state index is 2.30. The lowest BCUT2D eigenvalue weighted by Gasteiger charge is -2.14. The molecule has 1 aliphatic carbocycles. The Morgan fingerprint density at radius 1 is 1.14 bits per heavy atom. The second-order valence-electron chi connectivity index (χ2n) is 4.09. The Bertz CT molecular complexity index is 302. The van der Waals surface area contributed by atoms with Crippen molar-refractivity contribution >= 4 is 5.57 Å². The zero-order valence-electron chi connectivity index (χ0n) is 8.87. The molecule has 1 fully saturated rings. The fourth-order valence-electron chi connectivity index (χ4n) is 2.51. The standard InChI is InChI=1S/C14H18/c1-2-14(13-10-6-7-11-13)12-8-4-3-5-9-12/h2-5,8-9,13H,6-7,10-11H2,1H3/b14-2-. The summed E-state index contributed by atoms with van der Waals surface area (Å²) in [4.78, 5) is 0. The highest BCUT2D eigenvalue weighted by molar-refractivity contribution is 5.67. The highest BCUT2D eigenvalue weighted by atomic mass is 14.2. The zero-order chi connectivity index (χ0) is 9.80. The molecule has 0 atom stereocenters. The summed E-state index contributed by atoms with van der Waals surface area (Å²) in [5.74, 6) is 0.822. The Balaban J connectivity index is 2.22. The second kappa shape index (κ2) is 4.45. The molecule has 2 rings (SSSR count). The van der Waals surface area contributed by atoms with E-state index in [2.05, 4.69) is 43.3 Å². The van der Waals surface area contributed by atoms with E-state index in [0.29, 0.717) is 0 Å². The average Bonchev–Trinajstić information content (AvgIpc) is 2.74. The SMILES string of the molecule is C/C=C(/c1ccccc1)C1CCCC1. The van der Waals surface area contributed by atoms with Gasteiger partial charge in [-0.05, 0) is 36.8 Å². The molecule has 0 unspecified atom stereocenters. The van der Waals surface area contributed by atoms with Gasteiger partial charge in [-0.1, -0.05) is 49.2 Å². The summed E-state index contributed by atoms with van der Waals surface area (Å²) in [5, 5.41) is 0. The van der Waals surface area contributed by atoms with E-state index >= 15 is 0 Å². The first kappa shape index (κ1) is 9.51.